The SMILES string of the molecule is CN(c1nccc(=O)n1C(=O)C(N)NC(=O)CN)C1CCN(c2nc3ccccc3n2Cc2ccc(F)cc2)CC1. The topological polar surface area (TPSA) is 157 Å². The number of hydrogen-bond donors (Lipinski definition) is 3. The number of carbonyl (C=O) groups excluding carboxylic acids is 2. The van der Waals surface area contributed by atoms with Crippen LogP contribution in [0, 0.1) is 5.82 Å². The van der Waals surface area contributed by atoms with Gasteiger partial charge < -0.3 is 31.2 Å². The molecule has 1 unspecified atom stereocenters. The number of hydrogen-bond acceptors (Lipinski definition) is 9. The van der Waals surface area contributed by atoms with Crippen molar-refractivity contribution in [3.8, 4) is 0 Å². The van der Waals surface area contributed by atoms with E-state index in [0.717, 1.165) is 27.1 Å². The normalized spacial score (nSPS) is 14.7. The molecule has 1 fully saturated rings. The van der Waals surface area contributed by atoms with Crippen LogP contribution in [0.3, 0.4) is 0 Å². The van der Waals surface area contributed by atoms with Gasteiger partial charge in [-0.2, -0.15) is 0 Å². The van der Waals surface area contributed by atoms with Crippen LogP contribution in [-0.4, -0.2) is 69.8 Å². The molecule has 1 atom stereocenters. The zero-order valence-electron chi connectivity index (χ0n) is 22.6. The Morgan fingerprint density at radius 3 is 2.54 bits per heavy atom. The van der Waals surface area contributed by atoms with Crippen molar-refractivity contribution >= 4 is 34.7 Å². The largest absolute Gasteiger partial charge is 0.342 e. The molecule has 41 heavy (non-hydrogen) atoms. The highest BCUT2D eigenvalue weighted by atomic mass is 19.1. The fraction of sp³-hybridized carbons (Fsp3) is 0.321. The standard InChI is InChI=1S/C28H32FN9O3/c1-35(27-32-13-10-24(40)38(27)26(41)25(31)34-23(39)16-30)20-11-14-36(15-12-20)28-33-21-4-2-3-5-22(21)37(28)17-18-6-8-19(29)9-7-18/h2-10,13,20,25H,11-12,14-17,30-31H2,1H3,(H,34,39). The summed E-state index contributed by atoms with van der Waals surface area (Å²) in [5.41, 5.74) is 13.4. The van der Waals surface area contributed by atoms with Crippen molar-refractivity contribution in [2.24, 2.45) is 11.5 Å². The van der Waals surface area contributed by atoms with Gasteiger partial charge in [-0.1, -0.05) is 24.3 Å². The molecule has 13 heteroatoms. The van der Waals surface area contributed by atoms with Gasteiger partial charge in [-0.3, -0.25) is 14.4 Å². The lowest BCUT2D eigenvalue weighted by Crippen LogP contribution is -2.54. The van der Waals surface area contributed by atoms with E-state index in [-0.39, 0.29) is 24.4 Å². The Kier molecular flexibility index (Phi) is 8.08. The van der Waals surface area contributed by atoms with E-state index in [9.17, 15) is 18.8 Å². The first kappa shape index (κ1) is 27.9. The van der Waals surface area contributed by atoms with Crippen molar-refractivity contribution in [1.82, 2.24) is 24.4 Å². The van der Waals surface area contributed by atoms with Gasteiger partial charge in [0.15, 0.2) is 6.17 Å². The van der Waals surface area contributed by atoms with E-state index >= 15 is 0 Å². The second-order valence-electron chi connectivity index (χ2n) is 9.95. The van der Waals surface area contributed by atoms with Crippen molar-refractivity contribution < 1.29 is 14.0 Å². The number of nitrogens with one attached hydrogen (secondary N) is 1. The molecule has 0 radical (unpaired) electrons. The molecule has 0 spiro atoms. The maximum absolute atomic E-state index is 13.5. The Labute approximate surface area is 235 Å². The van der Waals surface area contributed by atoms with Gasteiger partial charge in [0.2, 0.25) is 17.8 Å². The quantitative estimate of drug-likeness (QED) is 0.266. The van der Waals surface area contributed by atoms with Gasteiger partial charge in [-0.15, -0.1) is 0 Å². The van der Waals surface area contributed by atoms with Crippen LogP contribution in [0.4, 0.5) is 16.3 Å². The number of halogens is 1. The molecule has 12 nitrogen and oxygen atoms in total. The summed E-state index contributed by atoms with van der Waals surface area (Å²) in [7, 11) is 1.78. The highest BCUT2D eigenvalue weighted by Crippen LogP contribution is 2.28. The van der Waals surface area contributed by atoms with Crippen molar-refractivity contribution in [3.05, 3.63) is 82.5 Å². The van der Waals surface area contributed by atoms with Gasteiger partial charge in [0.05, 0.1) is 24.1 Å². The van der Waals surface area contributed by atoms with Gasteiger partial charge in [-0.25, -0.2) is 18.9 Å². The Morgan fingerprint density at radius 2 is 1.83 bits per heavy atom. The van der Waals surface area contributed by atoms with Crippen LogP contribution in [0.15, 0.2) is 65.6 Å². The van der Waals surface area contributed by atoms with Crippen LogP contribution in [0.25, 0.3) is 11.0 Å². The summed E-state index contributed by atoms with van der Waals surface area (Å²) in [5, 5.41) is 2.28. The minimum atomic E-state index is -1.45. The number of carbonyl (C=O) groups is 2. The molecule has 4 aromatic rings. The van der Waals surface area contributed by atoms with Crippen LogP contribution >= 0.6 is 0 Å². The molecule has 3 heterocycles. The van der Waals surface area contributed by atoms with Crippen LogP contribution in [0.1, 0.15) is 23.2 Å². The smallest absolute Gasteiger partial charge is 0.273 e. The number of rotatable bonds is 8. The Hall–Kier alpha value is -4.62. The van der Waals surface area contributed by atoms with Crippen LogP contribution in [0.5, 0.6) is 0 Å². The Morgan fingerprint density at radius 1 is 1.12 bits per heavy atom. The minimum Gasteiger partial charge on any atom is -0.342 e. The number of nitrogens with zero attached hydrogens (tertiary/aromatic N) is 6. The molecule has 2 aromatic carbocycles. The zero-order chi connectivity index (χ0) is 29.1. The second-order valence-corrected chi connectivity index (χ2v) is 9.95. The first-order valence-corrected chi connectivity index (χ1v) is 13.3. The summed E-state index contributed by atoms with van der Waals surface area (Å²) < 4.78 is 16.5. The van der Waals surface area contributed by atoms with E-state index in [2.05, 4.69) is 19.8 Å². The van der Waals surface area contributed by atoms with E-state index in [1.54, 1.807) is 24.1 Å². The van der Waals surface area contributed by atoms with Crippen LogP contribution in [-0.2, 0) is 11.3 Å². The van der Waals surface area contributed by atoms with Gasteiger partial charge in [-0.05, 0) is 42.7 Å². The maximum atomic E-state index is 13.5. The van der Waals surface area contributed by atoms with Crippen LogP contribution in [0.2, 0.25) is 0 Å². The fourth-order valence-electron chi connectivity index (χ4n) is 5.14. The fourth-order valence-corrected chi connectivity index (χ4v) is 5.14. The minimum absolute atomic E-state index is 0.0376. The maximum Gasteiger partial charge on any atom is 0.273 e. The summed E-state index contributed by atoms with van der Waals surface area (Å²) in [5.74, 6) is -0.739. The van der Waals surface area contributed by atoms with E-state index in [4.69, 9.17) is 16.5 Å². The molecule has 0 saturated carbocycles. The molecule has 1 aliphatic rings. The average Bonchev–Trinajstić information content (AvgIpc) is 3.35. The van der Waals surface area contributed by atoms with E-state index in [1.807, 2.05) is 24.3 Å². The number of piperidine rings is 1. The summed E-state index contributed by atoms with van der Waals surface area (Å²) in [6.07, 6.45) is 1.29. The molecular weight excluding hydrogens is 529 g/mol. The van der Waals surface area contributed by atoms with Crippen molar-refractivity contribution in [2.45, 2.75) is 31.6 Å². The predicted octanol–water partition coefficient (Wildman–Crippen LogP) is 0.886. The van der Waals surface area contributed by atoms with E-state index in [1.165, 1.54) is 24.4 Å². The highest BCUT2D eigenvalue weighted by molar-refractivity contribution is 5.90. The number of nitrogens with two attached hydrogens (primary N) is 2. The monoisotopic (exact) mass is 561 g/mol. The molecule has 5 rings (SSSR count). The molecule has 5 N–H and O–H groups in total. The lowest BCUT2D eigenvalue weighted by atomic mass is 10.0. The van der Waals surface area contributed by atoms with Crippen LogP contribution < -0.4 is 32.1 Å². The number of imidazole rings is 1. The van der Waals surface area contributed by atoms with Gasteiger partial charge >= 0.3 is 0 Å². The molecule has 2 aromatic heterocycles. The first-order valence-electron chi connectivity index (χ1n) is 13.3. The number of aromatic nitrogens is 4. The first-order chi connectivity index (χ1) is 19.8. The lowest BCUT2D eigenvalue weighted by Gasteiger charge is -2.38. The predicted molar refractivity (Wildman–Crippen MR) is 153 cm³/mol. The molecule has 1 amide bonds. The third kappa shape index (κ3) is 5.81. The molecule has 214 valence electrons. The molecule has 0 bridgehead atoms. The number of para-hydroxylation sites is 2. The number of fused-ring (bicyclic) bond motifs is 1. The van der Waals surface area contributed by atoms with Gasteiger partial charge in [0.1, 0.15) is 5.82 Å². The van der Waals surface area contributed by atoms with Crippen molar-refractivity contribution in [3.63, 3.8) is 0 Å². The van der Waals surface area contributed by atoms with E-state index < -0.39 is 23.5 Å². The summed E-state index contributed by atoms with van der Waals surface area (Å²) in [4.78, 5) is 50.6. The van der Waals surface area contributed by atoms with Crippen molar-refractivity contribution in [1.29, 1.82) is 0 Å². The van der Waals surface area contributed by atoms with Gasteiger partial charge in [0, 0.05) is 38.4 Å². The molecular formula is C28H32FN9O3. The summed E-state index contributed by atoms with van der Waals surface area (Å²) in [6.45, 7) is 1.53. The second kappa shape index (κ2) is 11.9. The van der Waals surface area contributed by atoms with Gasteiger partial charge in [0.25, 0.3) is 11.5 Å². The molecule has 1 aliphatic heterocycles. The summed E-state index contributed by atoms with van der Waals surface area (Å²) in [6, 6.07) is 15.5. The lowest BCUT2D eigenvalue weighted by molar-refractivity contribution is -0.120. The Balaban J connectivity index is 1.35. The Bertz CT molecular complexity index is 1610. The third-order valence-electron chi connectivity index (χ3n) is 7.31. The summed E-state index contributed by atoms with van der Waals surface area (Å²) >= 11 is 0. The number of benzene rings is 2. The van der Waals surface area contributed by atoms with E-state index in [0.29, 0.717) is 32.5 Å². The van der Waals surface area contributed by atoms with Crippen molar-refractivity contribution in [2.75, 3.05) is 36.5 Å². The molecule has 1 saturated heterocycles. The third-order valence-corrected chi connectivity index (χ3v) is 7.31. The highest BCUT2D eigenvalue weighted by Gasteiger charge is 2.30. The zero-order valence-corrected chi connectivity index (χ0v) is 22.6. The number of anilines is 2. The molecule has 0 aliphatic carbocycles. The number of amides is 1. The average molecular weight is 562 g/mol.